The second-order valence-electron chi connectivity index (χ2n) is 2.33. The largest absolute Gasteiger partial charge is 0.367 e. The molecule has 0 unspecified atom stereocenters. The van der Waals surface area contributed by atoms with Crippen molar-refractivity contribution in [2.45, 2.75) is 0 Å². The van der Waals surface area contributed by atoms with Gasteiger partial charge in [-0.1, -0.05) is 12.7 Å². The van der Waals surface area contributed by atoms with Crippen molar-refractivity contribution >= 4 is 6.21 Å². The number of hydrogen-bond acceptors (Lipinski definition) is 4. The smallest absolute Gasteiger partial charge is 0.174 e. The van der Waals surface area contributed by atoms with Gasteiger partial charge in [0.2, 0.25) is 0 Å². The molecule has 0 heterocycles. The maximum Gasteiger partial charge on any atom is 0.174 e. The van der Waals surface area contributed by atoms with Crippen molar-refractivity contribution in [3.05, 3.63) is 24.0 Å². The van der Waals surface area contributed by atoms with Gasteiger partial charge in [0.15, 0.2) is 11.4 Å². The van der Waals surface area contributed by atoms with Crippen molar-refractivity contribution in [3.63, 3.8) is 0 Å². The average molecular weight is 174 g/mol. The Morgan fingerprint density at radius 2 is 2.00 bits per heavy atom. The topological polar surface area (TPSA) is 63.2 Å². The quantitative estimate of drug-likeness (QED) is 0.474. The molecule has 0 saturated heterocycles. The molecular formula is C9H10N4. The third-order valence-electron chi connectivity index (χ3n) is 1.19. The van der Waals surface area contributed by atoms with Gasteiger partial charge in [0.1, 0.15) is 12.1 Å². The standard InChI is InChI=1S/C9H10N4/c1-4-5-12-8(6-10)9(7-11)13(2)3/h4-5H,1H2,2-3H3/b9-8-,12-5?. The van der Waals surface area contributed by atoms with Crippen molar-refractivity contribution in [1.82, 2.24) is 4.90 Å². The van der Waals surface area contributed by atoms with Crippen molar-refractivity contribution in [3.8, 4) is 12.1 Å². The maximum atomic E-state index is 8.70. The van der Waals surface area contributed by atoms with Crippen LogP contribution in [0.15, 0.2) is 29.0 Å². The van der Waals surface area contributed by atoms with Crippen LogP contribution in [0.1, 0.15) is 0 Å². The Morgan fingerprint density at radius 3 is 2.31 bits per heavy atom. The molecule has 13 heavy (non-hydrogen) atoms. The van der Waals surface area contributed by atoms with E-state index in [0.717, 1.165) is 0 Å². The predicted molar refractivity (Wildman–Crippen MR) is 50.6 cm³/mol. The summed E-state index contributed by atoms with van der Waals surface area (Å²) in [5.74, 6) is 0. The Kier molecular flexibility index (Phi) is 4.68. The second kappa shape index (κ2) is 5.56. The lowest BCUT2D eigenvalue weighted by Gasteiger charge is -2.09. The van der Waals surface area contributed by atoms with Crippen molar-refractivity contribution in [2.24, 2.45) is 4.99 Å². The Labute approximate surface area is 77.7 Å². The van der Waals surface area contributed by atoms with Crippen LogP contribution in [-0.2, 0) is 0 Å². The van der Waals surface area contributed by atoms with Gasteiger partial charge in [0.05, 0.1) is 0 Å². The van der Waals surface area contributed by atoms with E-state index in [1.54, 1.807) is 19.0 Å². The van der Waals surface area contributed by atoms with Gasteiger partial charge in [0.25, 0.3) is 0 Å². The van der Waals surface area contributed by atoms with Crippen LogP contribution in [0.5, 0.6) is 0 Å². The molecule has 0 aromatic heterocycles. The zero-order chi connectivity index (χ0) is 10.3. The summed E-state index contributed by atoms with van der Waals surface area (Å²) in [6.07, 6.45) is 2.82. The zero-order valence-electron chi connectivity index (χ0n) is 7.65. The summed E-state index contributed by atoms with van der Waals surface area (Å²) < 4.78 is 0. The third kappa shape index (κ3) is 3.22. The van der Waals surface area contributed by atoms with Crippen molar-refractivity contribution in [2.75, 3.05) is 14.1 Å². The summed E-state index contributed by atoms with van der Waals surface area (Å²) in [5, 5.41) is 17.4. The maximum absolute atomic E-state index is 8.70. The van der Waals surface area contributed by atoms with Crippen LogP contribution in [0.3, 0.4) is 0 Å². The van der Waals surface area contributed by atoms with Gasteiger partial charge in [-0.3, -0.25) is 0 Å². The number of aliphatic imine (C=N–C) groups is 1. The number of rotatable bonds is 3. The SMILES string of the molecule is C=CC=N/C(C#N)=C(/C#N)N(C)C. The van der Waals surface area contributed by atoms with E-state index in [1.165, 1.54) is 12.3 Å². The van der Waals surface area contributed by atoms with Crippen LogP contribution < -0.4 is 0 Å². The molecule has 0 aliphatic heterocycles. The van der Waals surface area contributed by atoms with Crippen LogP contribution in [0.2, 0.25) is 0 Å². The van der Waals surface area contributed by atoms with Crippen molar-refractivity contribution in [1.29, 1.82) is 10.5 Å². The summed E-state index contributed by atoms with van der Waals surface area (Å²) in [6, 6.07) is 3.74. The fraction of sp³-hybridized carbons (Fsp3) is 0.222. The third-order valence-corrected chi connectivity index (χ3v) is 1.19. The fourth-order valence-corrected chi connectivity index (χ4v) is 0.635. The highest BCUT2D eigenvalue weighted by Gasteiger charge is 2.05. The molecule has 0 saturated carbocycles. The average Bonchev–Trinajstić information content (AvgIpc) is 2.11. The zero-order valence-corrected chi connectivity index (χ0v) is 7.65. The molecular weight excluding hydrogens is 164 g/mol. The first-order valence-corrected chi connectivity index (χ1v) is 3.54. The van der Waals surface area contributed by atoms with E-state index in [9.17, 15) is 0 Å². The molecule has 0 amide bonds. The molecule has 4 nitrogen and oxygen atoms in total. The van der Waals surface area contributed by atoms with Gasteiger partial charge in [-0.2, -0.15) is 10.5 Å². The molecule has 0 fully saturated rings. The minimum atomic E-state index is 0.0902. The van der Waals surface area contributed by atoms with E-state index < -0.39 is 0 Å². The Morgan fingerprint density at radius 1 is 1.38 bits per heavy atom. The summed E-state index contributed by atoms with van der Waals surface area (Å²) >= 11 is 0. The van der Waals surface area contributed by atoms with Gasteiger partial charge < -0.3 is 4.90 Å². The molecule has 0 aliphatic carbocycles. The van der Waals surface area contributed by atoms with Gasteiger partial charge in [-0.15, -0.1) is 0 Å². The number of nitrogens with zero attached hydrogens (tertiary/aromatic N) is 4. The Bertz CT molecular complexity index is 323. The molecule has 0 atom stereocenters. The van der Waals surface area contributed by atoms with E-state index in [1.807, 2.05) is 12.1 Å². The van der Waals surface area contributed by atoms with Gasteiger partial charge in [0, 0.05) is 20.3 Å². The fourth-order valence-electron chi connectivity index (χ4n) is 0.635. The number of allylic oxidation sites excluding steroid dienone is 3. The van der Waals surface area contributed by atoms with Gasteiger partial charge >= 0.3 is 0 Å². The lowest BCUT2D eigenvalue weighted by Crippen LogP contribution is -2.11. The molecule has 0 aromatic carbocycles. The molecule has 0 aromatic rings. The molecule has 0 spiro atoms. The first-order valence-electron chi connectivity index (χ1n) is 3.54. The minimum Gasteiger partial charge on any atom is -0.367 e. The minimum absolute atomic E-state index is 0.0902. The normalized spacial score (nSPS) is 11.4. The first-order chi connectivity index (χ1) is 6.17. The van der Waals surface area contributed by atoms with Gasteiger partial charge in [-0.25, -0.2) is 4.99 Å². The van der Waals surface area contributed by atoms with Crippen LogP contribution in [0, 0.1) is 22.7 Å². The van der Waals surface area contributed by atoms with E-state index in [-0.39, 0.29) is 11.4 Å². The monoisotopic (exact) mass is 174 g/mol. The number of hydrogen-bond donors (Lipinski definition) is 0. The summed E-state index contributed by atoms with van der Waals surface area (Å²) in [5.41, 5.74) is 0.327. The highest BCUT2D eigenvalue weighted by Crippen LogP contribution is 2.05. The van der Waals surface area contributed by atoms with E-state index >= 15 is 0 Å². The van der Waals surface area contributed by atoms with E-state index in [2.05, 4.69) is 11.6 Å². The molecule has 0 rings (SSSR count). The van der Waals surface area contributed by atoms with E-state index in [0.29, 0.717) is 0 Å². The van der Waals surface area contributed by atoms with E-state index in [4.69, 9.17) is 10.5 Å². The lowest BCUT2D eigenvalue weighted by molar-refractivity contribution is 0.528. The molecule has 0 N–H and O–H groups in total. The van der Waals surface area contributed by atoms with Crippen LogP contribution in [-0.4, -0.2) is 25.2 Å². The van der Waals surface area contributed by atoms with Crippen molar-refractivity contribution < 1.29 is 0 Å². The molecule has 66 valence electrons. The highest BCUT2D eigenvalue weighted by molar-refractivity contribution is 5.72. The number of nitriles is 2. The second-order valence-corrected chi connectivity index (χ2v) is 2.33. The van der Waals surface area contributed by atoms with Crippen LogP contribution in [0.4, 0.5) is 0 Å². The Balaban J connectivity index is 5.12. The summed E-state index contributed by atoms with van der Waals surface area (Å²) in [6.45, 7) is 3.42. The highest BCUT2D eigenvalue weighted by atomic mass is 15.1. The Hall–Kier alpha value is -2.07. The molecule has 0 aliphatic rings. The van der Waals surface area contributed by atoms with Gasteiger partial charge in [-0.05, 0) is 0 Å². The summed E-state index contributed by atoms with van der Waals surface area (Å²) in [4.78, 5) is 5.31. The predicted octanol–water partition coefficient (Wildman–Crippen LogP) is 1.06. The van der Waals surface area contributed by atoms with Crippen LogP contribution >= 0.6 is 0 Å². The molecule has 0 radical (unpaired) electrons. The summed E-state index contributed by atoms with van der Waals surface area (Å²) in [7, 11) is 3.36. The molecule has 0 bridgehead atoms. The van der Waals surface area contributed by atoms with Crippen LogP contribution in [0.25, 0.3) is 0 Å². The first kappa shape index (κ1) is 10.9. The lowest BCUT2D eigenvalue weighted by atomic mass is 10.3. The molecule has 4 heteroatoms.